The molecule has 1 heterocycles. The highest BCUT2D eigenvalue weighted by Crippen LogP contribution is 1.98. The number of carbonyl (C=O) groups is 1. The molecule has 10 heavy (non-hydrogen) atoms. The zero-order chi connectivity index (χ0) is 7.56. The van der Waals surface area contributed by atoms with Crippen LogP contribution >= 0.6 is 0 Å². The number of nitrogens with one attached hydrogen (secondary N) is 2. The molecular weight excluding hydrogens is 130 g/mol. The van der Waals surface area contributed by atoms with E-state index in [4.69, 9.17) is 0 Å². The van der Waals surface area contributed by atoms with E-state index in [-0.39, 0.29) is 5.91 Å². The average Bonchev–Trinajstić information content (AvgIpc) is 2.34. The second kappa shape index (κ2) is 2.51. The van der Waals surface area contributed by atoms with Crippen molar-refractivity contribution >= 4 is 5.91 Å². The minimum Gasteiger partial charge on any atom is -0.354 e. The standard InChI is InChI=1S/C6H9N3O/c1-4-5(6(10)7-2)9-3-8-4/h3H,1-2H3,(H,7,10)(H,8,9). The molecule has 4 heteroatoms. The van der Waals surface area contributed by atoms with E-state index in [1.807, 2.05) is 0 Å². The Morgan fingerprint density at radius 2 is 2.50 bits per heavy atom. The van der Waals surface area contributed by atoms with Gasteiger partial charge in [0.15, 0.2) is 0 Å². The topological polar surface area (TPSA) is 57.8 Å². The Kier molecular flexibility index (Phi) is 1.71. The Hall–Kier alpha value is -1.32. The van der Waals surface area contributed by atoms with E-state index >= 15 is 0 Å². The van der Waals surface area contributed by atoms with Gasteiger partial charge in [0.05, 0.1) is 6.33 Å². The first-order valence-electron chi connectivity index (χ1n) is 2.97. The number of aromatic nitrogens is 2. The number of imidazole rings is 1. The van der Waals surface area contributed by atoms with Crippen LogP contribution in [0.25, 0.3) is 0 Å². The van der Waals surface area contributed by atoms with Crippen molar-refractivity contribution in [1.29, 1.82) is 0 Å². The largest absolute Gasteiger partial charge is 0.354 e. The van der Waals surface area contributed by atoms with Gasteiger partial charge in [-0.1, -0.05) is 0 Å². The number of carbonyl (C=O) groups excluding carboxylic acids is 1. The molecule has 0 saturated heterocycles. The minimum atomic E-state index is -0.154. The van der Waals surface area contributed by atoms with E-state index in [0.717, 1.165) is 5.69 Å². The second-order valence-electron chi connectivity index (χ2n) is 1.96. The lowest BCUT2D eigenvalue weighted by Gasteiger charge is -1.93. The number of aryl methyl sites for hydroxylation is 1. The first-order valence-corrected chi connectivity index (χ1v) is 2.97. The van der Waals surface area contributed by atoms with Gasteiger partial charge in [-0.3, -0.25) is 4.79 Å². The minimum absolute atomic E-state index is 0.154. The van der Waals surface area contributed by atoms with Crippen LogP contribution in [0.3, 0.4) is 0 Å². The van der Waals surface area contributed by atoms with E-state index in [0.29, 0.717) is 5.69 Å². The Morgan fingerprint density at radius 1 is 1.80 bits per heavy atom. The molecule has 2 N–H and O–H groups in total. The van der Waals surface area contributed by atoms with Crippen LogP contribution in [0.15, 0.2) is 6.33 Å². The van der Waals surface area contributed by atoms with Crippen LogP contribution in [0.4, 0.5) is 0 Å². The van der Waals surface area contributed by atoms with Crippen LogP contribution in [0, 0.1) is 6.92 Å². The highest BCUT2D eigenvalue weighted by atomic mass is 16.1. The summed E-state index contributed by atoms with van der Waals surface area (Å²) in [5.74, 6) is -0.154. The summed E-state index contributed by atoms with van der Waals surface area (Å²) in [5.41, 5.74) is 1.25. The Balaban J connectivity index is 2.93. The third kappa shape index (κ3) is 1.00. The summed E-state index contributed by atoms with van der Waals surface area (Å²) < 4.78 is 0. The van der Waals surface area contributed by atoms with Crippen molar-refractivity contribution in [2.75, 3.05) is 7.05 Å². The Labute approximate surface area is 58.7 Å². The molecule has 1 aromatic rings. The first-order chi connectivity index (χ1) is 4.75. The number of aromatic amines is 1. The number of hydrogen-bond acceptors (Lipinski definition) is 2. The van der Waals surface area contributed by atoms with Crippen molar-refractivity contribution in [3.8, 4) is 0 Å². The van der Waals surface area contributed by atoms with Gasteiger partial charge >= 0.3 is 0 Å². The highest BCUT2D eigenvalue weighted by molar-refractivity contribution is 5.92. The van der Waals surface area contributed by atoms with Crippen LogP contribution in [0.1, 0.15) is 16.2 Å². The molecule has 1 rings (SSSR count). The summed E-state index contributed by atoms with van der Waals surface area (Å²) in [6, 6.07) is 0. The fourth-order valence-electron chi connectivity index (χ4n) is 0.706. The maximum atomic E-state index is 10.9. The smallest absolute Gasteiger partial charge is 0.271 e. The summed E-state index contributed by atoms with van der Waals surface area (Å²) in [7, 11) is 1.58. The lowest BCUT2D eigenvalue weighted by molar-refractivity contribution is 0.0958. The maximum absolute atomic E-state index is 10.9. The Bertz CT molecular complexity index is 241. The molecule has 0 aliphatic heterocycles. The Morgan fingerprint density at radius 3 is 2.90 bits per heavy atom. The van der Waals surface area contributed by atoms with Gasteiger partial charge in [-0.15, -0.1) is 0 Å². The quantitative estimate of drug-likeness (QED) is 0.578. The van der Waals surface area contributed by atoms with Crippen LogP contribution in [0.5, 0.6) is 0 Å². The molecule has 0 aliphatic rings. The molecule has 0 unspecified atom stereocenters. The molecule has 0 aromatic carbocycles. The SMILES string of the molecule is CNC(=O)c1nc[nH]c1C. The molecule has 0 spiro atoms. The third-order valence-corrected chi connectivity index (χ3v) is 1.27. The fourth-order valence-corrected chi connectivity index (χ4v) is 0.706. The van der Waals surface area contributed by atoms with Crippen LogP contribution < -0.4 is 5.32 Å². The molecule has 54 valence electrons. The number of H-pyrrole nitrogens is 1. The maximum Gasteiger partial charge on any atom is 0.271 e. The first kappa shape index (κ1) is 6.80. The zero-order valence-electron chi connectivity index (χ0n) is 5.93. The van der Waals surface area contributed by atoms with Gasteiger partial charge in [0.25, 0.3) is 5.91 Å². The summed E-state index contributed by atoms with van der Waals surface area (Å²) in [4.78, 5) is 17.5. The van der Waals surface area contributed by atoms with E-state index in [1.54, 1.807) is 14.0 Å². The van der Waals surface area contributed by atoms with Crippen LogP contribution in [-0.4, -0.2) is 22.9 Å². The van der Waals surface area contributed by atoms with E-state index in [9.17, 15) is 4.79 Å². The van der Waals surface area contributed by atoms with E-state index in [1.165, 1.54) is 6.33 Å². The van der Waals surface area contributed by atoms with Crippen molar-refractivity contribution in [3.05, 3.63) is 17.7 Å². The van der Waals surface area contributed by atoms with Crippen molar-refractivity contribution in [1.82, 2.24) is 15.3 Å². The van der Waals surface area contributed by atoms with Gasteiger partial charge < -0.3 is 10.3 Å². The van der Waals surface area contributed by atoms with E-state index < -0.39 is 0 Å². The third-order valence-electron chi connectivity index (χ3n) is 1.27. The summed E-state index contributed by atoms with van der Waals surface area (Å²) in [5, 5.41) is 2.49. The molecule has 1 amide bonds. The molecule has 0 aliphatic carbocycles. The molecule has 0 fully saturated rings. The molecule has 4 nitrogen and oxygen atoms in total. The average molecular weight is 139 g/mol. The van der Waals surface area contributed by atoms with E-state index in [2.05, 4.69) is 15.3 Å². The predicted molar refractivity (Wildman–Crippen MR) is 36.7 cm³/mol. The molecule has 0 atom stereocenters. The van der Waals surface area contributed by atoms with Crippen molar-refractivity contribution in [2.24, 2.45) is 0 Å². The van der Waals surface area contributed by atoms with Crippen LogP contribution in [0.2, 0.25) is 0 Å². The van der Waals surface area contributed by atoms with Gasteiger partial charge in [-0.25, -0.2) is 4.98 Å². The summed E-state index contributed by atoms with van der Waals surface area (Å²) in [6.07, 6.45) is 1.50. The van der Waals surface area contributed by atoms with Crippen molar-refractivity contribution < 1.29 is 4.79 Å². The molecule has 0 saturated carbocycles. The van der Waals surface area contributed by atoms with Crippen molar-refractivity contribution in [2.45, 2.75) is 6.92 Å². The molecule has 0 bridgehead atoms. The van der Waals surface area contributed by atoms with Gasteiger partial charge in [0.1, 0.15) is 5.69 Å². The molecular formula is C6H9N3O. The normalized spacial score (nSPS) is 9.40. The van der Waals surface area contributed by atoms with Gasteiger partial charge in [0, 0.05) is 12.7 Å². The predicted octanol–water partition coefficient (Wildman–Crippen LogP) is 0.0777. The monoisotopic (exact) mass is 139 g/mol. The van der Waals surface area contributed by atoms with Gasteiger partial charge in [0.2, 0.25) is 0 Å². The van der Waals surface area contributed by atoms with Crippen LogP contribution in [-0.2, 0) is 0 Å². The van der Waals surface area contributed by atoms with Gasteiger partial charge in [-0.05, 0) is 6.92 Å². The zero-order valence-corrected chi connectivity index (χ0v) is 5.93. The fraction of sp³-hybridized carbons (Fsp3) is 0.333. The number of nitrogens with zero attached hydrogens (tertiary/aromatic N) is 1. The summed E-state index contributed by atoms with van der Waals surface area (Å²) >= 11 is 0. The summed E-state index contributed by atoms with van der Waals surface area (Å²) in [6.45, 7) is 1.80. The number of rotatable bonds is 1. The van der Waals surface area contributed by atoms with Crippen molar-refractivity contribution in [3.63, 3.8) is 0 Å². The second-order valence-corrected chi connectivity index (χ2v) is 1.96. The lowest BCUT2D eigenvalue weighted by Crippen LogP contribution is -2.19. The van der Waals surface area contributed by atoms with Gasteiger partial charge in [-0.2, -0.15) is 0 Å². The molecule has 0 radical (unpaired) electrons. The lowest BCUT2D eigenvalue weighted by atomic mass is 10.3. The number of amides is 1. The highest BCUT2D eigenvalue weighted by Gasteiger charge is 2.07. The number of hydrogen-bond donors (Lipinski definition) is 2. The molecule has 1 aromatic heterocycles.